The second-order valence-corrected chi connectivity index (χ2v) is 6.32. The Bertz CT molecular complexity index is 1260. The number of rotatable bonds is 6. The van der Waals surface area contributed by atoms with Crippen LogP contribution in [0.4, 0.5) is 0 Å². The van der Waals surface area contributed by atoms with Crippen molar-refractivity contribution < 1.29 is 14.3 Å². The number of nitrogens with one attached hydrogen (secondary N) is 1. The molecule has 0 fully saturated rings. The Morgan fingerprint density at radius 2 is 1.87 bits per heavy atom. The summed E-state index contributed by atoms with van der Waals surface area (Å²) in [7, 11) is 4.46. The number of aryl methyl sites for hydroxylation is 1. The van der Waals surface area contributed by atoms with Gasteiger partial charge in [0, 0.05) is 14.1 Å². The van der Waals surface area contributed by atoms with E-state index in [0.29, 0.717) is 11.5 Å². The average Bonchev–Trinajstić information content (AvgIpc) is 3.17. The first kappa shape index (κ1) is 20.7. The van der Waals surface area contributed by atoms with E-state index in [1.165, 1.54) is 29.6 Å². The van der Waals surface area contributed by atoms with Gasteiger partial charge in [-0.05, 0) is 12.1 Å². The second kappa shape index (κ2) is 9.00. The number of para-hydroxylation sites is 2. The van der Waals surface area contributed by atoms with E-state index in [1.54, 1.807) is 19.2 Å². The number of fused-ring (bicyclic) bond motifs is 1. The molecule has 10 nitrogen and oxygen atoms in total. The van der Waals surface area contributed by atoms with Crippen LogP contribution in [0.15, 0.2) is 40.2 Å². The van der Waals surface area contributed by atoms with Gasteiger partial charge in [-0.15, -0.1) is 0 Å². The molecule has 3 aromatic rings. The van der Waals surface area contributed by atoms with Crippen molar-refractivity contribution in [1.82, 2.24) is 24.0 Å². The predicted octanol–water partition coefficient (Wildman–Crippen LogP) is -0.359. The summed E-state index contributed by atoms with van der Waals surface area (Å²) >= 11 is 0. The molecule has 3 rings (SSSR count). The van der Waals surface area contributed by atoms with Crippen LogP contribution >= 0.6 is 0 Å². The quantitative estimate of drug-likeness (QED) is 0.555. The molecular formula is C20H21N5O5. The molecule has 156 valence electrons. The summed E-state index contributed by atoms with van der Waals surface area (Å²) in [5.74, 6) is 6.46. The van der Waals surface area contributed by atoms with Crippen LogP contribution < -0.4 is 26.0 Å². The third-order valence-electron chi connectivity index (χ3n) is 4.40. The molecule has 1 N–H and O–H groups in total. The molecule has 1 aromatic carbocycles. The molecule has 0 aliphatic carbocycles. The van der Waals surface area contributed by atoms with Gasteiger partial charge in [0.05, 0.1) is 20.0 Å². The molecule has 0 aliphatic rings. The van der Waals surface area contributed by atoms with Gasteiger partial charge in [-0.1, -0.05) is 24.0 Å². The standard InChI is InChI=1S/C20H21N5O5/c1-23-18-17(19(27)24(2)20(23)28)25(13-22-18)12-16(26)21-10-6-7-11-30-15-9-5-4-8-14(15)29-3/h4-5,8-9,13H,10-12H2,1-3H3,(H,21,26). The number of nitrogens with zero attached hydrogens (tertiary/aromatic N) is 4. The van der Waals surface area contributed by atoms with E-state index in [4.69, 9.17) is 9.47 Å². The van der Waals surface area contributed by atoms with Crippen LogP contribution in [-0.2, 0) is 25.4 Å². The van der Waals surface area contributed by atoms with E-state index >= 15 is 0 Å². The number of carbonyl (C=O) groups excluding carboxylic acids is 1. The summed E-state index contributed by atoms with van der Waals surface area (Å²) in [6.45, 7) is 0.146. The maximum Gasteiger partial charge on any atom is 0.332 e. The number of hydrogen-bond acceptors (Lipinski definition) is 6. The van der Waals surface area contributed by atoms with Crippen molar-refractivity contribution in [2.75, 3.05) is 20.3 Å². The second-order valence-electron chi connectivity index (χ2n) is 6.32. The van der Waals surface area contributed by atoms with Gasteiger partial charge in [0.15, 0.2) is 22.7 Å². The van der Waals surface area contributed by atoms with Gasteiger partial charge in [-0.3, -0.25) is 18.7 Å². The van der Waals surface area contributed by atoms with Gasteiger partial charge in [0.25, 0.3) is 5.56 Å². The van der Waals surface area contributed by atoms with E-state index in [9.17, 15) is 14.4 Å². The predicted molar refractivity (Wildman–Crippen MR) is 109 cm³/mol. The summed E-state index contributed by atoms with van der Waals surface area (Å²) in [6.07, 6.45) is 1.36. The van der Waals surface area contributed by atoms with Gasteiger partial charge >= 0.3 is 5.69 Å². The first-order chi connectivity index (χ1) is 14.4. The Kier molecular flexibility index (Phi) is 6.22. The first-order valence-electron chi connectivity index (χ1n) is 9.03. The van der Waals surface area contributed by atoms with Crippen molar-refractivity contribution in [2.24, 2.45) is 14.1 Å². The molecule has 0 aliphatic heterocycles. The maximum absolute atomic E-state index is 12.4. The highest BCUT2D eigenvalue weighted by molar-refractivity contribution is 5.79. The highest BCUT2D eigenvalue weighted by Gasteiger charge is 2.15. The van der Waals surface area contributed by atoms with Crippen molar-refractivity contribution in [1.29, 1.82) is 0 Å². The zero-order valence-corrected chi connectivity index (χ0v) is 16.8. The number of amides is 1. The molecule has 0 atom stereocenters. The van der Waals surface area contributed by atoms with E-state index < -0.39 is 11.2 Å². The molecule has 10 heteroatoms. The van der Waals surface area contributed by atoms with Crippen LogP contribution in [0.25, 0.3) is 11.2 Å². The van der Waals surface area contributed by atoms with Crippen LogP contribution in [0, 0.1) is 11.8 Å². The number of imidazole rings is 1. The van der Waals surface area contributed by atoms with E-state index in [0.717, 1.165) is 4.57 Å². The van der Waals surface area contributed by atoms with Gasteiger partial charge in [-0.25, -0.2) is 9.78 Å². The summed E-state index contributed by atoms with van der Waals surface area (Å²) < 4.78 is 14.4. The molecule has 0 spiro atoms. The number of carbonyl (C=O) groups is 1. The lowest BCUT2D eigenvalue weighted by Gasteiger charge is -2.07. The molecule has 0 radical (unpaired) electrons. The third kappa shape index (κ3) is 4.20. The third-order valence-corrected chi connectivity index (χ3v) is 4.40. The fraction of sp³-hybridized carbons (Fsp3) is 0.300. The largest absolute Gasteiger partial charge is 0.493 e. The highest BCUT2D eigenvalue weighted by atomic mass is 16.5. The molecule has 0 saturated carbocycles. The minimum absolute atomic E-state index is 0.122. The Hall–Kier alpha value is -4.00. The van der Waals surface area contributed by atoms with Crippen molar-refractivity contribution >= 4 is 17.1 Å². The Morgan fingerprint density at radius 3 is 2.60 bits per heavy atom. The minimum atomic E-state index is -0.508. The van der Waals surface area contributed by atoms with Gasteiger partial charge in [0.1, 0.15) is 13.2 Å². The fourth-order valence-corrected chi connectivity index (χ4v) is 2.84. The number of methoxy groups -OCH3 is 1. The topological polar surface area (TPSA) is 109 Å². The lowest BCUT2D eigenvalue weighted by molar-refractivity contribution is -0.121. The van der Waals surface area contributed by atoms with Gasteiger partial charge in [-0.2, -0.15) is 0 Å². The van der Waals surface area contributed by atoms with Crippen LogP contribution in [0.1, 0.15) is 0 Å². The summed E-state index contributed by atoms with van der Waals surface area (Å²) in [4.78, 5) is 40.6. The first-order valence-corrected chi connectivity index (χ1v) is 9.03. The summed E-state index contributed by atoms with van der Waals surface area (Å²) in [5.41, 5.74) is -0.574. The monoisotopic (exact) mass is 411 g/mol. The van der Waals surface area contributed by atoms with Crippen molar-refractivity contribution in [3.8, 4) is 23.3 Å². The smallest absolute Gasteiger partial charge is 0.332 e. The summed E-state index contributed by atoms with van der Waals surface area (Å²) in [5, 5.41) is 2.65. The normalized spacial score (nSPS) is 10.4. The van der Waals surface area contributed by atoms with Crippen LogP contribution in [0.2, 0.25) is 0 Å². The van der Waals surface area contributed by atoms with Crippen LogP contribution in [0.3, 0.4) is 0 Å². The molecule has 2 aromatic heterocycles. The lowest BCUT2D eigenvalue weighted by Crippen LogP contribution is -2.38. The Labute approximate surface area is 171 Å². The number of aromatic nitrogens is 4. The minimum Gasteiger partial charge on any atom is -0.493 e. The van der Waals surface area contributed by atoms with Crippen molar-refractivity contribution in [2.45, 2.75) is 6.54 Å². The number of ether oxygens (including phenoxy) is 2. The molecule has 1 amide bonds. The highest BCUT2D eigenvalue weighted by Crippen LogP contribution is 2.25. The average molecular weight is 411 g/mol. The van der Waals surface area contributed by atoms with Crippen LogP contribution in [0.5, 0.6) is 11.5 Å². The Balaban J connectivity index is 1.57. The van der Waals surface area contributed by atoms with Crippen LogP contribution in [-0.4, -0.2) is 44.9 Å². The molecule has 0 bridgehead atoms. The van der Waals surface area contributed by atoms with Gasteiger partial charge < -0.3 is 19.4 Å². The van der Waals surface area contributed by atoms with Crippen molar-refractivity contribution in [3.63, 3.8) is 0 Å². The summed E-state index contributed by atoms with van der Waals surface area (Å²) in [6, 6.07) is 7.23. The van der Waals surface area contributed by atoms with Crippen molar-refractivity contribution in [3.05, 3.63) is 51.4 Å². The van der Waals surface area contributed by atoms with E-state index in [1.807, 2.05) is 12.1 Å². The molecule has 30 heavy (non-hydrogen) atoms. The zero-order chi connectivity index (χ0) is 21.7. The molecule has 2 heterocycles. The lowest BCUT2D eigenvalue weighted by atomic mass is 10.3. The Morgan fingerprint density at radius 1 is 1.13 bits per heavy atom. The van der Waals surface area contributed by atoms with E-state index in [-0.39, 0.29) is 36.8 Å². The number of benzene rings is 1. The SMILES string of the molecule is COc1ccccc1OCC#CCNC(=O)Cn1cnc2c1c(=O)n(C)c(=O)n2C. The zero-order valence-electron chi connectivity index (χ0n) is 16.8. The fourth-order valence-electron chi connectivity index (χ4n) is 2.84. The molecule has 0 saturated heterocycles. The number of hydrogen-bond donors (Lipinski definition) is 1. The molecular weight excluding hydrogens is 390 g/mol. The van der Waals surface area contributed by atoms with E-state index in [2.05, 4.69) is 22.1 Å². The van der Waals surface area contributed by atoms with Gasteiger partial charge in [0.2, 0.25) is 5.91 Å². The maximum atomic E-state index is 12.4. The molecule has 0 unspecified atom stereocenters.